The number of halogens is 1. The van der Waals surface area contributed by atoms with Crippen LogP contribution < -0.4 is 20.1 Å². The van der Waals surface area contributed by atoms with E-state index in [0.29, 0.717) is 40.0 Å². The maximum Gasteiger partial charge on any atom is 0.338 e. The number of amides is 2. The summed E-state index contributed by atoms with van der Waals surface area (Å²) in [6.45, 7) is 6.19. The number of ether oxygens (including phenoxy) is 3. The van der Waals surface area contributed by atoms with Crippen LogP contribution in [0.15, 0.2) is 53.7 Å². The quantitative estimate of drug-likeness (QED) is 0.585. The predicted molar refractivity (Wildman–Crippen MR) is 117 cm³/mol. The lowest BCUT2D eigenvalue weighted by atomic mass is 9.95. The van der Waals surface area contributed by atoms with Crippen LogP contribution in [0.1, 0.15) is 37.9 Å². The van der Waals surface area contributed by atoms with E-state index in [2.05, 4.69) is 10.6 Å². The fourth-order valence-corrected chi connectivity index (χ4v) is 3.48. The molecule has 2 amide bonds. The number of urea groups is 1. The van der Waals surface area contributed by atoms with Gasteiger partial charge in [0.05, 0.1) is 24.8 Å². The number of carbonyl (C=O) groups excluding carboxylic acids is 2. The third-order valence-electron chi connectivity index (χ3n) is 4.71. The van der Waals surface area contributed by atoms with Crippen LogP contribution in [0, 0.1) is 0 Å². The van der Waals surface area contributed by atoms with Crippen molar-refractivity contribution in [3.05, 3.63) is 69.9 Å². The Balaban J connectivity index is 1.91. The lowest BCUT2D eigenvalue weighted by molar-refractivity contribution is -0.139. The second kappa shape index (κ2) is 10.2. The van der Waals surface area contributed by atoms with E-state index in [1.165, 1.54) is 0 Å². The maximum absolute atomic E-state index is 12.5. The van der Waals surface area contributed by atoms with Gasteiger partial charge in [-0.3, -0.25) is 0 Å². The third kappa shape index (κ3) is 5.30. The molecule has 7 nitrogen and oxygen atoms in total. The monoisotopic (exact) mass is 444 g/mol. The molecule has 0 saturated carbocycles. The Morgan fingerprint density at radius 3 is 2.55 bits per heavy atom. The number of hydrogen-bond acceptors (Lipinski definition) is 5. The molecule has 1 aliphatic rings. The van der Waals surface area contributed by atoms with E-state index in [4.69, 9.17) is 25.8 Å². The summed E-state index contributed by atoms with van der Waals surface area (Å²) in [4.78, 5) is 24.6. The van der Waals surface area contributed by atoms with E-state index < -0.39 is 18.0 Å². The molecule has 0 aliphatic carbocycles. The fourth-order valence-electron chi connectivity index (χ4n) is 3.29. The molecular formula is C23H25ClN2O5. The van der Waals surface area contributed by atoms with Gasteiger partial charge in [-0.2, -0.15) is 0 Å². The second-order valence-electron chi connectivity index (χ2n) is 6.81. The third-order valence-corrected chi connectivity index (χ3v) is 5.08. The Morgan fingerprint density at radius 2 is 1.84 bits per heavy atom. The van der Waals surface area contributed by atoms with Crippen LogP contribution >= 0.6 is 11.6 Å². The van der Waals surface area contributed by atoms with E-state index in [9.17, 15) is 9.59 Å². The SMILES string of the molecule is CCOC(=O)C1=C(C)NC(=O)NC1c1ccc(OCc2ccccc2Cl)c(OCC)c1. The smallest absolute Gasteiger partial charge is 0.338 e. The van der Waals surface area contributed by atoms with Crippen molar-refractivity contribution >= 4 is 23.6 Å². The topological polar surface area (TPSA) is 85.9 Å². The molecule has 1 unspecified atom stereocenters. The average Bonchev–Trinajstić information content (AvgIpc) is 2.73. The van der Waals surface area contributed by atoms with Crippen molar-refractivity contribution in [2.45, 2.75) is 33.4 Å². The van der Waals surface area contributed by atoms with Gasteiger partial charge in [0.2, 0.25) is 0 Å². The summed E-state index contributed by atoms with van der Waals surface area (Å²) in [5.41, 5.74) is 2.31. The first kappa shape index (κ1) is 22.5. The Hall–Kier alpha value is -3.19. The molecule has 164 valence electrons. The number of esters is 1. The van der Waals surface area contributed by atoms with Crippen molar-refractivity contribution < 1.29 is 23.8 Å². The highest BCUT2D eigenvalue weighted by Crippen LogP contribution is 2.35. The van der Waals surface area contributed by atoms with Gasteiger partial charge in [0.1, 0.15) is 6.61 Å². The van der Waals surface area contributed by atoms with Crippen LogP contribution in [0.3, 0.4) is 0 Å². The summed E-state index contributed by atoms with van der Waals surface area (Å²) in [6, 6.07) is 11.7. The van der Waals surface area contributed by atoms with Crippen LogP contribution in [-0.4, -0.2) is 25.2 Å². The van der Waals surface area contributed by atoms with Crippen molar-refractivity contribution in [3.8, 4) is 11.5 Å². The van der Waals surface area contributed by atoms with Crippen molar-refractivity contribution in [1.82, 2.24) is 10.6 Å². The number of hydrogen-bond donors (Lipinski definition) is 2. The van der Waals surface area contributed by atoms with Gasteiger partial charge in [-0.15, -0.1) is 0 Å². The van der Waals surface area contributed by atoms with Gasteiger partial charge in [-0.05, 0) is 44.5 Å². The molecular weight excluding hydrogens is 420 g/mol. The highest BCUT2D eigenvalue weighted by molar-refractivity contribution is 6.31. The summed E-state index contributed by atoms with van der Waals surface area (Å²) in [7, 11) is 0. The molecule has 8 heteroatoms. The van der Waals surface area contributed by atoms with Crippen LogP contribution in [0.2, 0.25) is 5.02 Å². The Morgan fingerprint density at radius 1 is 1.06 bits per heavy atom. The van der Waals surface area contributed by atoms with Gasteiger partial charge in [-0.1, -0.05) is 35.9 Å². The number of benzene rings is 2. The summed E-state index contributed by atoms with van der Waals surface area (Å²) in [5, 5.41) is 6.03. The normalized spacial score (nSPS) is 15.7. The fraction of sp³-hybridized carbons (Fsp3) is 0.304. The lowest BCUT2D eigenvalue weighted by Gasteiger charge is -2.28. The molecule has 0 saturated heterocycles. The van der Waals surface area contributed by atoms with E-state index in [0.717, 1.165) is 5.56 Å². The minimum atomic E-state index is -0.676. The van der Waals surface area contributed by atoms with E-state index in [1.54, 1.807) is 38.1 Å². The Bertz CT molecular complexity index is 1010. The van der Waals surface area contributed by atoms with Gasteiger partial charge in [-0.25, -0.2) is 9.59 Å². The summed E-state index contributed by atoms with van der Waals surface area (Å²) in [6.07, 6.45) is 0. The Kier molecular flexibility index (Phi) is 7.41. The molecule has 3 rings (SSSR count). The number of allylic oxidation sites excluding steroid dienone is 1. The molecule has 31 heavy (non-hydrogen) atoms. The standard InChI is InChI=1S/C23H25ClN2O5/c1-4-29-19-12-15(10-11-18(19)31-13-16-8-6-7-9-17(16)24)21-20(22(27)30-5-2)14(3)25-23(28)26-21/h6-12,21H,4-5,13H2,1-3H3,(H2,25,26,28). The molecule has 1 atom stereocenters. The van der Waals surface area contributed by atoms with Crippen LogP contribution in [0.25, 0.3) is 0 Å². The molecule has 0 spiro atoms. The Labute approximate surface area is 186 Å². The molecule has 1 aliphatic heterocycles. The molecule has 2 aromatic carbocycles. The van der Waals surface area contributed by atoms with Crippen LogP contribution in [-0.2, 0) is 16.1 Å². The first-order valence-electron chi connectivity index (χ1n) is 10.0. The van der Waals surface area contributed by atoms with E-state index in [1.807, 2.05) is 25.1 Å². The predicted octanol–water partition coefficient (Wildman–Crippen LogP) is 4.51. The molecule has 0 bridgehead atoms. The number of rotatable bonds is 8. The minimum Gasteiger partial charge on any atom is -0.490 e. The summed E-state index contributed by atoms with van der Waals surface area (Å²) in [5.74, 6) is 0.541. The molecule has 0 aromatic heterocycles. The van der Waals surface area contributed by atoms with Crippen LogP contribution in [0.4, 0.5) is 4.79 Å². The van der Waals surface area contributed by atoms with Crippen molar-refractivity contribution in [3.63, 3.8) is 0 Å². The van der Waals surface area contributed by atoms with Crippen molar-refractivity contribution in [1.29, 1.82) is 0 Å². The highest BCUT2D eigenvalue weighted by atomic mass is 35.5. The first-order valence-corrected chi connectivity index (χ1v) is 10.4. The molecule has 0 fully saturated rings. The first-order chi connectivity index (χ1) is 14.9. The van der Waals surface area contributed by atoms with Crippen LogP contribution in [0.5, 0.6) is 11.5 Å². The average molecular weight is 445 g/mol. The molecule has 2 N–H and O–H groups in total. The minimum absolute atomic E-state index is 0.231. The van der Waals surface area contributed by atoms with Crippen molar-refractivity contribution in [2.75, 3.05) is 13.2 Å². The maximum atomic E-state index is 12.5. The summed E-state index contributed by atoms with van der Waals surface area (Å²) < 4.78 is 16.9. The van der Waals surface area contributed by atoms with Gasteiger partial charge < -0.3 is 24.8 Å². The number of carbonyl (C=O) groups is 2. The molecule has 2 aromatic rings. The molecule has 1 heterocycles. The van der Waals surface area contributed by atoms with Crippen molar-refractivity contribution in [2.24, 2.45) is 0 Å². The number of nitrogens with one attached hydrogen (secondary N) is 2. The largest absolute Gasteiger partial charge is 0.490 e. The highest BCUT2D eigenvalue weighted by Gasteiger charge is 2.32. The van der Waals surface area contributed by atoms with Gasteiger partial charge >= 0.3 is 12.0 Å². The van der Waals surface area contributed by atoms with E-state index >= 15 is 0 Å². The summed E-state index contributed by atoms with van der Waals surface area (Å²) >= 11 is 6.21. The zero-order chi connectivity index (χ0) is 22.4. The zero-order valence-corrected chi connectivity index (χ0v) is 18.4. The van der Waals surface area contributed by atoms with Gasteiger partial charge in [0.25, 0.3) is 0 Å². The zero-order valence-electron chi connectivity index (χ0n) is 17.7. The van der Waals surface area contributed by atoms with E-state index in [-0.39, 0.29) is 13.2 Å². The lowest BCUT2D eigenvalue weighted by Crippen LogP contribution is -2.45. The van der Waals surface area contributed by atoms with Gasteiger partial charge in [0, 0.05) is 16.3 Å². The second-order valence-corrected chi connectivity index (χ2v) is 7.22. The van der Waals surface area contributed by atoms with Gasteiger partial charge in [0.15, 0.2) is 11.5 Å². The molecule has 0 radical (unpaired) electrons.